The SMILES string of the molecule is Cc1cc(-c2ccc3[nH]c(=O)[nH]c3c2)nc(CCN)n1. The maximum Gasteiger partial charge on any atom is 0.323 e. The Morgan fingerprint density at radius 3 is 2.75 bits per heavy atom. The Hall–Kier alpha value is -2.47. The average Bonchev–Trinajstić information content (AvgIpc) is 2.77. The van der Waals surface area contributed by atoms with Crippen LogP contribution < -0.4 is 11.4 Å². The largest absolute Gasteiger partial charge is 0.330 e. The van der Waals surface area contributed by atoms with Gasteiger partial charge in [-0.15, -0.1) is 0 Å². The molecule has 102 valence electrons. The molecule has 0 saturated carbocycles. The van der Waals surface area contributed by atoms with Crippen molar-refractivity contribution in [3.8, 4) is 11.3 Å². The van der Waals surface area contributed by atoms with Crippen LogP contribution in [-0.4, -0.2) is 26.5 Å². The summed E-state index contributed by atoms with van der Waals surface area (Å²) >= 11 is 0. The van der Waals surface area contributed by atoms with E-state index in [2.05, 4.69) is 19.9 Å². The summed E-state index contributed by atoms with van der Waals surface area (Å²) in [7, 11) is 0. The van der Waals surface area contributed by atoms with Crippen molar-refractivity contribution in [3.63, 3.8) is 0 Å². The van der Waals surface area contributed by atoms with Crippen molar-refractivity contribution in [3.05, 3.63) is 46.3 Å². The van der Waals surface area contributed by atoms with Crippen molar-refractivity contribution in [2.75, 3.05) is 6.54 Å². The molecule has 0 aliphatic carbocycles. The molecule has 0 bridgehead atoms. The third-order valence-corrected chi connectivity index (χ3v) is 3.08. The Kier molecular flexibility index (Phi) is 3.08. The van der Waals surface area contributed by atoms with Crippen LogP contribution in [0.3, 0.4) is 0 Å². The van der Waals surface area contributed by atoms with Gasteiger partial charge in [0.25, 0.3) is 0 Å². The molecule has 0 amide bonds. The van der Waals surface area contributed by atoms with E-state index >= 15 is 0 Å². The van der Waals surface area contributed by atoms with Gasteiger partial charge in [-0.2, -0.15) is 0 Å². The Labute approximate surface area is 115 Å². The molecule has 20 heavy (non-hydrogen) atoms. The molecule has 6 heteroatoms. The van der Waals surface area contributed by atoms with Gasteiger partial charge in [0, 0.05) is 17.7 Å². The topological polar surface area (TPSA) is 100 Å². The van der Waals surface area contributed by atoms with E-state index in [9.17, 15) is 4.79 Å². The standard InChI is InChI=1S/C14H15N5O/c1-8-6-11(17-13(16-8)4-5-15)9-2-3-10-12(7-9)19-14(20)18-10/h2-3,6-7H,4-5,15H2,1H3,(H2,18,19,20). The highest BCUT2D eigenvalue weighted by Gasteiger charge is 2.06. The highest BCUT2D eigenvalue weighted by atomic mass is 16.1. The van der Waals surface area contributed by atoms with Gasteiger partial charge >= 0.3 is 5.69 Å². The van der Waals surface area contributed by atoms with E-state index in [1.165, 1.54) is 0 Å². The molecular formula is C14H15N5O. The van der Waals surface area contributed by atoms with Gasteiger partial charge in [-0.3, -0.25) is 0 Å². The summed E-state index contributed by atoms with van der Waals surface area (Å²) in [5, 5.41) is 0. The van der Waals surface area contributed by atoms with Crippen LogP contribution in [0.25, 0.3) is 22.3 Å². The van der Waals surface area contributed by atoms with E-state index in [1.54, 1.807) is 0 Å². The minimum Gasteiger partial charge on any atom is -0.330 e. The molecule has 0 spiro atoms. The lowest BCUT2D eigenvalue weighted by Crippen LogP contribution is -2.07. The third-order valence-electron chi connectivity index (χ3n) is 3.08. The second kappa shape index (κ2) is 4.90. The van der Waals surface area contributed by atoms with Gasteiger partial charge in [-0.05, 0) is 31.7 Å². The van der Waals surface area contributed by atoms with Gasteiger partial charge < -0.3 is 15.7 Å². The molecule has 0 fully saturated rings. The number of aromatic nitrogens is 4. The van der Waals surface area contributed by atoms with Crippen molar-refractivity contribution in [2.24, 2.45) is 5.73 Å². The first-order chi connectivity index (χ1) is 9.65. The van der Waals surface area contributed by atoms with Crippen LogP contribution >= 0.6 is 0 Å². The minimum atomic E-state index is -0.208. The first kappa shape index (κ1) is 12.6. The van der Waals surface area contributed by atoms with Crippen LogP contribution in [0, 0.1) is 6.92 Å². The van der Waals surface area contributed by atoms with Gasteiger partial charge in [0.2, 0.25) is 0 Å². The van der Waals surface area contributed by atoms with E-state index in [0.717, 1.165) is 33.8 Å². The molecule has 6 nitrogen and oxygen atoms in total. The Morgan fingerprint density at radius 2 is 1.95 bits per heavy atom. The molecule has 3 rings (SSSR count). The molecule has 3 aromatic rings. The fourth-order valence-corrected chi connectivity index (χ4v) is 2.21. The van der Waals surface area contributed by atoms with Gasteiger partial charge in [0.15, 0.2) is 0 Å². The number of aromatic amines is 2. The Morgan fingerprint density at radius 1 is 1.15 bits per heavy atom. The smallest absolute Gasteiger partial charge is 0.323 e. The summed E-state index contributed by atoms with van der Waals surface area (Å²) in [4.78, 5) is 25.6. The summed E-state index contributed by atoms with van der Waals surface area (Å²) in [6.45, 7) is 2.45. The number of nitrogens with zero attached hydrogens (tertiary/aromatic N) is 2. The highest BCUT2D eigenvalue weighted by Crippen LogP contribution is 2.21. The zero-order chi connectivity index (χ0) is 14.1. The number of fused-ring (bicyclic) bond motifs is 1. The van der Waals surface area contributed by atoms with E-state index in [-0.39, 0.29) is 5.69 Å². The van der Waals surface area contributed by atoms with Gasteiger partial charge in [0.05, 0.1) is 16.7 Å². The number of imidazole rings is 1. The Bertz CT molecular complexity index is 818. The Balaban J connectivity index is 2.11. The fourth-order valence-electron chi connectivity index (χ4n) is 2.21. The van der Waals surface area contributed by atoms with E-state index in [4.69, 9.17) is 5.73 Å². The zero-order valence-electron chi connectivity index (χ0n) is 11.1. The van der Waals surface area contributed by atoms with Crippen LogP contribution in [0.15, 0.2) is 29.1 Å². The molecule has 0 aliphatic rings. The highest BCUT2D eigenvalue weighted by molar-refractivity contribution is 5.80. The van der Waals surface area contributed by atoms with Crippen LogP contribution in [0.5, 0.6) is 0 Å². The quantitative estimate of drug-likeness (QED) is 0.663. The van der Waals surface area contributed by atoms with Gasteiger partial charge in [-0.1, -0.05) is 6.07 Å². The van der Waals surface area contributed by atoms with Crippen LogP contribution in [0.1, 0.15) is 11.5 Å². The summed E-state index contributed by atoms with van der Waals surface area (Å²) in [5.74, 6) is 0.741. The normalized spacial score (nSPS) is 11.1. The second-order valence-electron chi connectivity index (χ2n) is 4.69. The predicted molar refractivity (Wildman–Crippen MR) is 77.4 cm³/mol. The van der Waals surface area contributed by atoms with Crippen LogP contribution in [-0.2, 0) is 6.42 Å². The number of hydrogen-bond donors (Lipinski definition) is 3. The fraction of sp³-hybridized carbons (Fsp3) is 0.214. The maximum absolute atomic E-state index is 11.3. The molecular weight excluding hydrogens is 254 g/mol. The number of benzene rings is 1. The van der Waals surface area contributed by atoms with Crippen LogP contribution in [0.2, 0.25) is 0 Å². The van der Waals surface area contributed by atoms with Crippen LogP contribution in [0.4, 0.5) is 0 Å². The summed E-state index contributed by atoms with van der Waals surface area (Å²) in [6.07, 6.45) is 0.651. The molecule has 0 radical (unpaired) electrons. The van der Waals surface area contributed by atoms with Crippen molar-refractivity contribution >= 4 is 11.0 Å². The van der Waals surface area contributed by atoms with E-state index < -0.39 is 0 Å². The van der Waals surface area contributed by atoms with Gasteiger partial charge in [0.1, 0.15) is 5.82 Å². The molecule has 0 unspecified atom stereocenters. The molecule has 0 saturated heterocycles. The number of H-pyrrole nitrogens is 2. The van der Waals surface area contributed by atoms with E-state index in [0.29, 0.717) is 13.0 Å². The summed E-state index contributed by atoms with van der Waals surface area (Å²) in [6, 6.07) is 7.62. The molecule has 0 aliphatic heterocycles. The van der Waals surface area contributed by atoms with Crippen molar-refractivity contribution in [1.82, 2.24) is 19.9 Å². The third kappa shape index (κ3) is 2.33. The zero-order valence-corrected chi connectivity index (χ0v) is 11.1. The summed E-state index contributed by atoms with van der Waals surface area (Å²) < 4.78 is 0. The number of nitrogens with one attached hydrogen (secondary N) is 2. The monoisotopic (exact) mass is 269 g/mol. The molecule has 2 aromatic heterocycles. The second-order valence-corrected chi connectivity index (χ2v) is 4.69. The molecule has 4 N–H and O–H groups in total. The summed E-state index contributed by atoms with van der Waals surface area (Å²) in [5.41, 5.74) is 9.58. The van der Waals surface area contributed by atoms with Crippen molar-refractivity contribution < 1.29 is 0 Å². The number of rotatable bonds is 3. The average molecular weight is 269 g/mol. The minimum absolute atomic E-state index is 0.208. The first-order valence-corrected chi connectivity index (χ1v) is 6.43. The van der Waals surface area contributed by atoms with Crippen molar-refractivity contribution in [2.45, 2.75) is 13.3 Å². The molecule has 2 heterocycles. The predicted octanol–water partition coefficient (Wildman–Crippen LogP) is 1.12. The van der Waals surface area contributed by atoms with Crippen molar-refractivity contribution in [1.29, 1.82) is 0 Å². The van der Waals surface area contributed by atoms with E-state index in [1.807, 2.05) is 31.2 Å². The molecule has 0 atom stereocenters. The first-order valence-electron chi connectivity index (χ1n) is 6.43. The molecule has 1 aromatic carbocycles. The number of aryl methyl sites for hydroxylation is 1. The van der Waals surface area contributed by atoms with Gasteiger partial charge in [-0.25, -0.2) is 14.8 Å². The number of nitrogens with two attached hydrogens (primary N) is 1. The maximum atomic E-state index is 11.3. The lowest BCUT2D eigenvalue weighted by Gasteiger charge is -2.05. The number of hydrogen-bond acceptors (Lipinski definition) is 4. The lowest BCUT2D eigenvalue weighted by atomic mass is 10.1. The lowest BCUT2D eigenvalue weighted by molar-refractivity contribution is 0.858.